The number of hydrogen-bond acceptors (Lipinski definition) is 9. The van der Waals surface area contributed by atoms with Gasteiger partial charge in [-0.1, -0.05) is 0 Å². The van der Waals surface area contributed by atoms with Crippen LogP contribution in [0, 0.1) is 17.2 Å². The first-order chi connectivity index (χ1) is 25.2. The van der Waals surface area contributed by atoms with Crippen molar-refractivity contribution in [1.82, 2.24) is 33.3 Å². The van der Waals surface area contributed by atoms with Gasteiger partial charge in [-0.25, -0.2) is 19.2 Å². The van der Waals surface area contributed by atoms with Crippen molar-refractivity contribution in [2.24, 2.45) is 11.3 Å². The van der Waals surface area contributed by atoms with Gasteiger partial charge in [-0.3, -0.25) is 4.79 Å². The summed E-state index contributed by atoms with van der Waals surface area (Å²) in [5, 5.41) is 9.41. The smallest absolute Gasteiger partial charge is 0.407 e. The lowest BCUT2D eigenvalue weighted by Gasteiger charge is -2.47. The topological polar surface area (TPSA) is 143 Å². The molecule has 5 saturated heterocycles. The molecule has 2 bridgehead atoms. The number of piperazine rings is 1. The predicted molar refractivity (Wildman–Crippen MR) is 197 cm³/mol. The summed E-state index contributed by atoms with van der Waals surface area (Å²) in [5.74, 6) is 0.948. The van der Waals surface area contributed by atoms with E-state index in [0.29, 0.717) is 37.0 Å². The normalized spacial score (nSPS) is 25.2. The van der Waals surface area contributed by atoms with Gasteiger partial charge in [0.05, 0.1) is 17.8 Å². The number of carbonyl (C=O) groups excluding carboxylic acids is 1. The van der Waals surface area contributed by atoms with E-state index >= 15 is 0 Å². The largest absolute Gasteiger partial charge is 0.465 e. The number of nitrogens with zero attached hydrogens (tertiary/aromatic N) is 8. The molecule has 5 fully saturated rings. The fourth-order valence-electron chi connectivity index (χ4n) is 9.44. The molecule has 1 aromatic carbocycles. The number of carbonyl (C=O) groups is 2. The summed E-state index contributed by atoms with van der Waals surface area (Å²) < 4.78 is 51.1. The van der Waals surface area contributed by atoms with Crippen molar-refractivity contribution in [3.8, 4) is 11.5 Å². The molecule has 1 spiro atoms. The molecule has 53 heavy (non-hydrogen) atoms. The lowest BCUT2D eigenvalue weighted by Crippen LogP contribution is -2.56. The van der Waals surface area contributed by atoms with Gasteiger partial charge in [0.25, 0.3) is 16.1 Å². The van der Waals surface area contributed by atoms with E-state index in [1.54, 1.807) is 19.7 Å². The Balaban J connectivity index is 0.920. The van der Waals surface area contributed by atoms with Gasteiger partial charge in [0.15, 0.2) is 11.6 Å². The summed E-state index contributed by atoms with van der Waals surface area (Å²) in [6.07, 6.45) is 7.51. The number of halogens is 1. The average Bonchev–Trinajstić information content (AvgIpc) is 3.88. The number of rotatable bonds is 10. The first kappa shape index (κ1) is 37.7. The minimum atomic E-state index is -3.61. The molecule has 2 aromatic rings. The van der Waals surface area contributed by atoms with Gasteiger partial charge in [0.2, 0.25) is 0 Å². The van der Waals surface area contributed by atoms with Crippen LogP contribution in [-0.4, -0.2) is 142 Å². The van der Waals surface area contributed by atoms with Crippen LogP contribution in [0.4, 0.5) is 15.0 Å². The molecule has 5 aliphatic heterocycles. The van der Waals surface area contributed by atoms with E-state index in [1.807, 2.05) is 27.7 Å². The van der Waals surface area contributed by atoms with Crippen molar-refractivity contribution in [1.29, 1.82) is 0 Å². The molecule has 6 heterocycles. The summed E-state index contributed by atoms with van der Waals surface area (Å²) >= 11 is 0. The number of piperidine rings is 2. The van der Waals surface area contributed by atoms with Crippen LogP contribution >= 0.6 is 0 Å². The number of hydrogen-bond donors (Lipinski definition) is 1. The predicted octanol–water partition coefficient (Wildman–Crippen LogP) is 4.35. The number of amides is 2. The van der Waals surface area contributed by atoms with Crippen LogP contribution < -0.4 is 9.64 Å². The van der Waals surface area contributed by atoms with E-state index in [9.17, 15) is 27.5 Å². The molecule has 16 heteroatoms. The number of fused-ring (bicyclic) bond motifs is 2. The van der Waals surface area contributed by atoms with E-state index in [1.165, 1.54) is 29.4 Å². The van der Waals surface area contributed by atoms with Gasteiger partial charge >= 0.3 is 6.09 Å². The molecule has 1 aromatic heterocycles. The van der Waals surface area contributed by atoms with E-state index in [0.717, 1.165) is 64.8 Å². The highest BCUT2D eigenvalue weighted by atomic mass is 32.2. The van der Waals surface area contributed by atoms with Crippen molar-refractivity contribution in [2.45, 2.75) is 90.4 Å². The molecule has 5 aliphatic rings. The SMILES string of the molecule is CC(C)N(C(=O)c1cc(F)ccc1Oc1cncnc1N1CC[C@@H](CN2CCC3(CC2)CCN(S(=O)(=O)N2C[C@@H]4C[C@H]2CN4C(=O)O)CC3)C1)C(C)C. The molecule has 0 unspecified atom stereocenters. The molecule has 290 valence electrons. The van der Waals surface area contributed by atoms with Crippen LogP contribution in [0.5, 0.6) is 11.5 Å². The number of likely N-dealkylation sites (tertiary alicyclic amines) is 2. The summed E-state index contributed by atoms with van der Waals surface area (Å²) in [5.41, 5.74) is 0.313. The zero-order chi connectivity index (χ0) is 37.7. The second kappa shape index (κ2) is 14.9. The number of anilines is 1. The Morgan fingerprint density at radius 1 is 0.981 bits per heavy atom. The second-order valence-corrected chi connectivity index (χ2v) is 18.1. The van der Waals surface area contributed by atoms with E-state index in [4.69, 9.17) is 4.74 Å². The number of ether oxygens (including phenoxy) is 1. The maximum absolute atomic E-state index is 14.4. The number of aromatic nitrogens is 2. The fourth-order valence-corrected chi connectivity index (χ4v) is 11.3. The third kappa shape index (κ3) is 7.56. The van der Waals surface area contributed by atoms with Crippen LogP contribution in [0.3, 0.4) is 0 Å². The van der Waals surface area contributed by atoms with E-state index < -0.39 is 22.1 Å². The number of benzene rings is 1. The van der Waals surface area contributed by atoms with Gasteiger partial charge in [0, 0.05) is 63.9 Å². The fraction of sp³-hybridized carbons (Fsp3) is 0.676. The van der Waals surface area contributed by atoms with E-state index in [-0.39, 0.29) is 59.9 Å². The summed E-state index contributed by atoms with van der Waals surface area (Å²) in [6.45, 7) is 13.8. The van der Waals surface area contributed by atoms with Crippen LogP contribution in [0.25, 0.3) is 0 Å². The minimum absolute atomic E-state index is 0.0790. The number of carboxylic acid groups (broad SMARTS) is 1. The maximum atomic E-state index is 14.4. The lowest BCUT2D eigenvalue weighted by molar-refractivity contribution is 0.0485. The zero-order valence-electron chi connectivity index (χ0n) is 31.2. The van der Waals surface area contributed by atoms with Gasteiger partial charge in [-0.15, -0.1) is 0 Å². The van der Waals surface area contributed by atoms with Gasteiger partial charge in [-0.05, 0) is 109 Å². The standard InChI is InChI=1S/C37H53FN8O6S/c1-25(2)46(26(3)4)35(47)31-17-28(38)5-6-32(31)52-33-19-39-24-40-34(33)42-12-7-27(21-42)20-41-13-8-37(9-14-41)10-15-43(16-11-37)53(50,51)45-23-29-18-30(45)22-44(29)36(48)49/h5-6,17,19,24-27,29-30H,7-16,18,20-23H2,1-4H3,(H,48,49)/t27-,29-,30-/m0/s1. The summed E-state index contributed by atoms with van der Waals surface area (Å²) in [6, 6.07) is 3.35. The lowest BCUT2D eigenvalue weighted by atomic mass is 9.71. The quantitative estimate of drug-likeness (QED) is 0.372. The second-order valence-electron chi connectivity index (χ2n) is 16.2. The van der Waals surface area contributed by atoms with Crippen LogP contribution in [-0.2, 0) is 10.2 Å². The van der Waals surface area contributed by atoms with E-state index in [2.05, 4.69) is 19.8 Å². The van der Waals surface area contributed by atoms with Crippen LogP contribution in [0.15, 0.2) is 30.7 Å². The van der Waals surface area contributed by atoms with Crippen molar-refractivity contribution < 1.29 is 32.2 Å². The molecular weight excluding hydrogens is 704 g/mol. The molecule has 0 aliphatic carbocycles. The Labute approximate surface area is 312 Å². The van der Waals surface area contributed by atoms with Crippen molar-refractivity contribution in [2.75, 3.05) is 63.8 Å². The molecule has 7 rings (SSSR count). The van der Waals surface area contributed by atoms with Crippen molar-refractivity contribution in [3.63, 3.8) is 0 Å². The highest BCUT2D eigenvalue weighted by molar-refractivity contribution is 7.86. The van der Waals surface area contributed by atoms with Gasteiger partial charge < -0.3 is 29.4 Å². The Hall–Kier alpha value is -3.60. The monoisotopic (exact) mass is 756 g/mol. The molecule has 2 amide bonds. The minimum Gasteiger partial charge on any atom is -0.465 e. The van der Waals surface area contributed by atoms with Gasteiger partial charge in [0.1, 0.15) is 17.9 Å². The highest BCUT2D eigenvalue weighted by Gasteiger charge is 2.52. The molecule has 0 radical (unpaired) electrons. The van der Waals surface area contributed by atoms with Crippen LogP contribution in [0.1, 0.15) is 76.6 Å². The molecule has 14 nitrogen and oxygen atoms in total. The maximum Gasteiger partial charge on any atom is 0.407 e. The molecule has 0 saturated carbocycles. The van der Waals surface area contributed by atoms with Gasteiger partial charge in [-0.2, -0.15) is 17.0 Å². The third-order valence-corrected chi connectivity index (χ3v) is 14.3. The Kier molecular flexibility index (Phi) is 10.6. The Bertz CT molecular complexity index is 1770. The highest BCUT2D eigenvalue weighted by Crippen LogP contribution is 2.44. The molecular formula is C37H53FN8O6S. The third-order valence-electron chi connectivity index (χ3n) is 12.3. The van der Waals surface area contributed by atoms with Crippen LogP contribution in [0.2, 0.25) is 0 Å². The first-order valence-corrected chi connectivity index (χ1v) is 20.5. The average molecular weight is 757 g/mol. The van der Waals surface area contributed by atoms with Crippen molar-refractivity contribution in [3.05, 3.63) is 42.1 Å². The summed E-state index contributed by atoms with van der Waals surface area (Å²) in [7, 11) is -3.61. The Morgan fingerprint density at radius 3 is 2.32 bits per heavy atom. The van der Waals surface area contributed by atoms with Crippen molar-refractivity contribution >= 4 is 28.0 Å². The Morgan fingerprint density at radius 2 is 1.68 bits per heavy atom. The zero-order valence-corrected chi connectivity index (χ0v) is 32.0. The summed E-state index contributed by atoms with van der Waals surface area (Å²) in [4.78, 5) is 41.7. The molecule has 1 N–H and O–H groups in total. The molecule has 3 atom stereocenters. The first-order valence-electron chi connectivity index (χ1n) is 19.1.